The first kappa shape index (κ1) is 21.0. The fourth-order valence-electron chi connectivity index (χ4n) is 3.32. The molecule has 0 N–H and O–H groups in total. The molecule has 0 aliphatic carbocycles. The summed E-state index contributed by atoms with van der Waals surface area (Å²) in [7, 11) is 0. The van der Waals surface area contributed by atoms with Gasteiger partial charge >= 0.3 is 6.18 Å². The Labute approximate surface area is 170 Å². The van der Waals surface area contributed by atoms with Crippen LogP contribution >= 0.6 is 23.4 Å². The minimum atomic E-state index is -4.69. The van der Waals surface area contributed by atoms with E-state index in [4.69, 9.17) is 11.6 Å². The minimum Gasteiger partial charge on any atom is -0.369 e. The van der Waals surface area contributed by atoms with Crippen LogP contribution < -0.4 is 4.90 Å². The number of thioether (sulfide) groups is 1. The van der Waals surface area contributed by atoms with Crippen LogP contribution in [0.3, 0.4) is 0 Å². The van der Waals surface area contributed by atoms with E-state index >= 15 is 0 Å². The van der Waals surface area contributed by atoms with E-state index in [0.717, 1.165) is 10.6 Å². The van der Waals surface area contributed by atoms with Gasteiger partial charge in [-0.1, -0.05) is 17.7 Å². The average Bonchev–Trinajstić information content (AvgIpc) is 2.97. The number of halogens is 4. The monoisotopic (exact) mass is 432 g/mol. The maximum absolute atomic E-state index is 13.5. The zero-order chi connectivity index (χ0) is 20.5. The number of carbonyl (C=O) groups is 1. The number of anilines is 1. The fraction of sp³-hybridized carbons (Fsp3) is 0.444. The molecule has 0 bridgehead atoms. The number of hydrogen-bond donors (Lipinski definition) is 0. The van der Waals surface area contributed by atoms with Crippen molar-refractivity contribution in [1.29, 1.82) is 0 Å². The third kappa shape index (κ3) is 4.16. The summed E-state index contributed by atoms with van der Waals surface area (Å²) in [4.78, 5) is 16.7. The molecule has 1 aliphatic rings. The van der Waals surface area contributed by atoms with E-state index in [1.54, 1.807) is 16.7 Å². The predicted molar refractivity (Wildman–Crippen MR) is 104 cm³/mol. The summed E-state index contributed by atoms with van der Waals surface area (Å²) in [6.07, 6.45) is -3.36. The molecule has 1 unspecified atom stereocenters. The van der Waals surface area contributed by atoms with Crippen LogP contribution in [-0.4, -0.2) is 53.4 Å². The molecule has 0 radical (unpaired) electrons. The van der Waals surface area contributed by atoms with Crippen molar-refractivity contribution in [3.05, 3.63) is 40.7 Å². The summed E-state index contributed by atoms with van der Waals surface area (Å²) in [6.45, 7) is 3.45. The molecular formula is C18H20ClF3N4OS. The van der Waals surface area contributed by atoms with Gasteiger partial charge < -0.3 is 4.90 Å². The van der Waals surface area contributed by atoms with E-state index in [1.165, 1.54) is 6.92 Å². The molecular weight excluding hydrogens is 413 g/mol. The van der Waals surface area contributed by atoms with Crippen molar-refractivity contribution in [2.75, 3.05) is 37.3 Å². The van der Waals surface area contributed by atoms with Gasteiger partial charge in [0, 0.05) is 36.8 Å². The van der Waals surface area contributed by atoms with Crippen LogP contribution in [0.4, 0.5) is 18.9 Å². The van der Waals surface area contributed by atoms with Crippen molar-refractivity contribution < 1.29 is 18.0 Å². The first-order valence-electron chi connectivity index (χ1n) is 8.66. The lowest BCUT2D eigenvalue weighted by molar-refractivity contribution is -0.147. The zero-order valence-corrected chi connectivity index (χ0v) is 17.0. The van der Waals surface area contributed by atoms with E-state index < -0.39 is 23.1 Å². The molecule has 2 heterocycles. The Bertz CT molecular complexity index is 850. The second-order valence-electron chi connectivity index (χ2n) is 6.46. The van der Waals surface area contributed by atoms with Crippen molar-refractivity contribution in [2.45, 2.75) is 24.2 Å². The molecule has 28 heavy (non-hydrogen) atoms. The Balaban J connectivity index is 1.79. The standard InChI is InChI=1S/C18H20ClF3N4OS/c1-12-16(19)17(18(20,21)22)26(23-12)15(11-27)25-8-6-24(7-9-25)13-4-3-5-14(10-13)28-2/h3-5,10-11,15H,6-9H2,1-2H3. The third-order valence-corrected chi connectivity index (χ3v) is 5.94. The lowest BCUT2D eigenvalue weighted by Crippen LogP contribution is -2.50. The fourth-order valence-corrected chi connectivity index (χ4v) is 4.01. The molecule has 152 valence electrons. The molecule has 5 nitrogen and oxygen atoms in total. The van der Waals surface area contributed by atoms with Gasteiger partial charge in [-0.05, 0) is 31.4 Å². The van der Waals surface area contributed by atoms with Crippen molar-refractivity contribution >= 4 is 35.3 Å². The van der Waals surface area contributed by atoms with Crippen LogP contribution in [0.25, 0.3) is 0 Å². The number of aryl methyl sites for hydroxylation is 1. The van der Waals surface area contributed by atoms with Gasteiger partial charge in [0.1, 0.15) is 0 Å². The number of benzene rings is 1. The largest absolute Gasteiger partial charge is 0.434 e. The van der Waals surface area contributed by atoms with E-state index in [2.05, 4.69) is 16.1 Å². The van der Waals surface area contributed by atoms with Crippen LogP contribution in [0.15, 0.2) is 29.2 Å². The predicted octanol–water partition coefficient (Wildman–Crippen LogP) is 4.11. The van der Waals surface area contributed by atoms with Crippen LogP contribution in [0.1, 0.15) is 17.6 Å². The van der Waals surface area contributed by atoms with Gasteiger partial charge in [-0.15, -0.1) is 11.8 Å². The van der Waals surface area contributed by atoms with Crippen LogP contribution in [0.5, 0.6) is 0 Å². The summed E-state index contributed by atoms with van der Waals surface area (Å²) in [5, 5.41) is 3.43. The van der Waals surface area contributed by atoms with Crippen LogP contribution in [0, 0.1) is 6.92 Å². The zero-order valence-electron chi connectivity index (χ0n) is 15.4. The third-order valence-electron chi connectivity index (χ3n) is 4.76. The molecule has 10 heteroatoms. The van der Waals surface area contributed by atoms with Gasteiger partial charge in [0.05, 0.1) is 10.7 Å². The molecule has 3 rings (SSSR count). The Hall–Kier alpha value is -1.71. The van der Waals surface area contributed by atoms with Gasteiger partial charge in [-0.2, -0.15) is 18.3 Å². The highest BCUT2D eigenvalue weighted by atomic mass is 35.5. The highest BCUT2D eigenvalue weighted by molar-refractivity contribution is 7.98. The van der Waals surface area contributed by atoms with Crippen molar-refractivity contribution in [2.24, 2.45) is 0 Å². The van der Waals surface area contributed by atoms with Crippen LogP contribution in [0.2, 0.25) is 5.02 Å². The lowest BCUT2D eigenvalue weighted by atomic mass is 10.2. The Morgan fingerprint density at radius 3 is 2.50 bits per heavy atom. The number of alkyl halides is 3. The maximum atomic E-state index is 13.5. The Morgan fingerprint density at radius 2 is 1.93 bits per heavy atom. The number of hydrogen-bond acceptors (Lipinski definition) is 5. The SMILES string of the molecule is CSc1cccc(N2CCN(C(C=O)n3nc(C)c(Cl)c3C(F)(F)F)CC2)c1. The summed E-state index contributed by atoms with van der Waals surface area (Å²) in [5.74, 6) is 0. The molecule has 0 spiro atoms. The smallest absolute Gasteiger partial charge is 0.369 e. The second kappa shape index (κ2) is 8.34. The van der Waals surface area contributed by atoms with E-state index in [0.29, 0.717) is 37.1 Å². The van der Waals surface area contributed by atoms with Gasteiger partial charge in [0.25, 0.3) is 0 Å². The molecule has 0 amide bonds. The van der Waals surface area contributed by atoms with E-state index in [1.807, 2.05) is 24.5 Å². The first-order valence-corrected chi connectivity index (χ1v) is 10.3. The molecule has 1 fully saturated rings. The molecule has 2 aromatic rings. The highest BCUT2D eigenvalue weighted by Crippen LogP contribution is 2.38. The molecule has 0 saturated carbocycles. The Morgan fingerprint density at radius 1 is 1.25 bits per heavy atom. The van der Waals surface area contributed by atoms with Gasteiger partial charge in [-0.25, -0.2) is 4.68 Å². The molecule has 1 saturated heterocycles. The van der Waals surface area contributed by atoms with Crippen LogP contribution in [-0.2, 0) is 11.0 Å². The summed E-state index contributed by atoms with van der Waals surface area (Å²) in [6, 6.07) is 8.09. The first-order chi connectivity index (χ1) is 13.3. The number of carbonyl (C=O) groups excluding carboxylic acids is 1. The molecule has 1 atom stereocenters. The molecule has 1 aromatic heterocycles. The molecule has 1 aliphatic heterocycles. The highest BCUT2D eigenvalue weighted by Gasteiger charge is 2.42. The lowest BCUT2D eigenvalue weighted by Gasteiger charge is -2.38. The number of aldehydes is 1. The number of aromatic nitrogens is 2. The quantitative estimate of drug-likeness (QED) is 0.525. The van der Waals surface area contributed by atoms with E-state index in [-0.39, 0.29) is 5.69 Å². The maximum Gasteiger partial charge on any atom is 0.434 e. The normalized spacial score (nSPS) is 17.0. The summed E-state index contributed by atoms with van der Waals surface area (Å²) >= 11 is 7.47. The number of rotatable bonds is 5. The summed E-state index contributed by atoms with van der Waals surface area (Å²) in [5.41, 5.74) is 0.0235. The minimum absolute atomic E-state index is 0.0494. The van der Waals surface area contributed by atoms with Gasteiger partial charge in [0.15, 0.2) is 18.1 Å². The summed E-state index contributed by atoms with van der Waals surface area (Å²) < 4.78 is 41.1. The van der Waals surface area contributed by atoms with Gasteiger partial charge in [-0.3, -0.25) is 9.69 Å². The van der Waals surface area contributed by atoms with Gasteiger partial charge in [0.2, 0.25) is 0 Å². The Kier molecular flexibility index (Phi) is 6.26. The van der Waals surface area contributed by atoms with Crippen molar-refractivity contribution in [1.82, 2.24) is 14.7 Å². The molecule has 1 aromatic carbocycles. The van der Waals surface area contributed by atoms with E-state index in [9.17, 15) is 18.0 Å². The average molecular weight is 433 g/mol. The number of piperazine rings is 1. The topological polar surface area (TPSA) is 41.4 Å². The number of nitrogens with zero attached hydrogens (tertiary/aromatic N) is 4. The van der Waals surface area contributed by atoms with Crippen molar-refractivity contribution in [3.63, 3.8) is 0 Å². The van der Waals surface area contributed by atoms with Crippen molar-refractivity contribution in [3.8, 4) is 0 Å². The second-order valence-corrected chi connectivity index (χ2v) is 7.72.